The molecule has 4 atom stereocenters. The summed E-state index contributed by atoms with van der Waals surface area (Å²) >= 11 is 0. The zero-order valence-corrected chi connectivity index (χ0v) is 30.6. The van der Waals surface area contributed by atoms with Gasteiger partial charge in [-0.1, -0.05) is 92.6 Å². The van der Waals surface area contributed by atoms with E-state index >= 15 is 0 Å². The Morgan fingerprint density at radius 3 is 1.57 bits per heavy atom. The molecule has 0 amide bonds. The zero-order valence-electron chi connectivity index (χ0n) is 27.6. The highest BCUT2D eigenvalue weighted by molar-refractivity contribution is 6.75. The molecule has 1 aromatic carbocycles. The van der Waals surface area contributed by atoms with Crippen LogP contribution in [-0.4, -0.2) is 64.2 Å². The first kappa shape index (κ1) is 35.4. The molecule has 0 saturated carbocycles. The number of benzene rings is 1. The zero-order chi connectivity index (χ0) is 31.4. The topological polar surface area (TPSA) is 97.6 Å². The molecule has 0 saturated heterocycles. The summed E-state index contributed by atoms with van der Waals surface area (Å²) in [5.41, 5.74) is 0.665. The van der Waals surface area contributed by atoms with Crippen LogP contribution >= 0.6 is 0 Å². The molecular weight excluding hydrogens is 557 g/mol. The summed E-state index contributed by atoms with van der Waals surface area (Å²) in [6.07, 6.45) is -1.71. The smallest absolute Gasteiger partial charge is 0.258 e. The van der Waals surface area contributed by atoms with E-state index in [1.54, 1.807) is 0 Å². The number of aliphatic hydroxyl groups is 3. The van der Waals surface area contributed by atoms with Crippen LogP contribution < -0.4 is 0 Å². The Kier molecular flexibility index (Phi) is 9.75. The molecule has 3 N–H and O–H groups in total. The summed E-state index contributed by atoms with van der Waals surface area (Å²) in [6.45, 7) is 30.5. The maximum Gasteiger partial charge on any atom is 0.258 e. The molecular formula is C30H56O7Si3. The maximum absolute atomic E-state index is 12.7. The predicted octanol–water partition coefficient (Wildman–Crippen LogP) is 7.19. The van der Waals surface area contributed by atoms with E-state index in [2.05, 4.69) is 41.5 Å². The van der Waals surface area contributed by atoms with Crippen molar-refractivity contribution in [2.45, 2.75) is 141 Å². The lowest BCUT2D eigenvalue weighted by Gasteiger charge is -2.56. The Morgan fingerprint density at radius 1 is 0.725 bits per heavy atom. The largest absolute Gasteiger partial charge is 0.479 e. The average molecular weight is 613 g/mol. The van der Waals surface area contributed by atoms with Gasteiger partial charge in [-0.15, -0.1) is 0 Å². The van der Waals surface area contributed by atoms with Gasteiger partial charge in [-0.3, -0.25) is 0 Å². The van der Waals surface area contributed by atoms with E-state index in [9.17, 15) is 15.3 Å². The van der Waals surface area contributed by atoms with Crippen molar-refractivity contribution in [2.75, 3.05) is 0 Å². The Hall–Kier alpha value is -0.829. The molecule has 0 spiro atoms. The lowest BCUT2D eigenvalue weighted by atomic mass is 9.94. The second-order valence-corrected chi connectivity index (χ2v) is 30.0. The van der Waals surface area contributed by atoms with Crippen LogP contribution in [0.1, 0.15) is 67.9 Å². The van der Waals surface area contributed by atoms with Crippen LogP contribution in [-0.2, 0) is 18.0 Å². The van der Waals surface area contributed by atoms with Crippen LogP contribution in [0.15, 0.2) is 36.4 Å². The molecule has 230 valence electrons. The van der Waals surface area contributed by atoms with E-state index < -0.39 is 48.9 Å². The highest BCUT2D eigenvalue weighted by atomic mass is 28.4. The summed E-state index contributed by atoms with van der Waals surface area (Å²) in [4.78, 5) is 0. The third-order valence-corrected chi connectivity index (χ3v) is 22.8. The lowest BCUT2D eigenvalue weighted by molar-refractivity contribution is -0.375. The average Bonchev–Trinajstić information content (AvgIpc) is 2.72. The van der Waals surface area contributed by atoms with Crippen molar-refractivity contribution in [3.05, 3.63) is 42.0 Å². The quantitative estimate of drug-likeness (QED) is 0.211. The molecule has 1 aliphatic rings. The van der Waals surface area contributed by atoms with E-state index in [1.165, 1.54) is 6.08 Å². The van der Waals surface area contributed by atoms with Gasteiger partial charge in [0.1, 0.15) is 5.76 Å². The molecule has 0 fully saturated rings. The Balaban J connectivity index is 2.87. The fourth-order valence-corrected chi connectivity index (χ4v) is 7.32. The molecule has 0 aliphatic carbocycles. The van der Waals surface area contributed by atoms with Crippen LogP contribution in [0.4, 0.5) is 0 Å². The van der Waals surface area contributed by atoms with Gasteiger partial charge in [-0.2, -0.15) is 0 Å². The second-order valence-electron chi connectivity index (χ2n) is 15.8. The van der Waals surface area contributed by atoms with Crippen LogP contribution in [0.25, 0.3) is 5.76 Å². The van der Waals surface area contributed by atoms with E-state index in [1.807, 2.05) is 90.4 Å². The number of rotatable bonds is 8. The maximum atomic E-state index is 12.7. The first-order chi connectivity index (χ1) is 17.6. The third-order valence-electron chi connectivity index (χ3n) is 9.45. The van der Waals surface area contributed by atoms with E-state index in [0.29, 0.717) is 5.56 Å². The normalized spacial score (nSPS) is 26.2. The summed E-state index contributed by atoms with van der Waals surface area (Å²) in [5.74, 6) is -4.56. The number of aliphatic hydroxyl groups excluding tert-OH is 1. The van der Waals surface area contributed by atoms with E-state index in [0.717, 1.165) is 0 Å². The van der Waals surface area contributed by atoms with E-state index in [-0.39, 0.29) is 20.9 Å². The highest BCUT2D eigenvalue weighted by Gasteiger charge is 2.67. The summed E-state index contributed by atoms with van der Waals surface area (Å²) in [5, 5.41) is 36.1. The van der Waals surface area contributed by atoms with Crippen molar-refractivity contribution in [1.29, 1.82) is 0 Å². The Labute approximate surface area is 246 Å². The molecule has 1 aromatic rings. The van der Waals surface area contributed by atoms with Gasteiger partial charge in [-0.05, 0) is 54.4 Å². The SMILES string of the molecule is CC(C)(C)[Si](C)(C)OC(O)[C@H]1OC(c2ccccc2)=C[C@](O)(O[Si](C)(C)C(C)(C)C)[C@@]1(O)O[Si](C)(C)C(C)(C)C. The van der Waals surface area contributed by atoms with Crippen molar-refractivity contribution >= 4 is 30.7 Å². The second kappa shape index (κ2) is 11.0. The molecule has 7 nitrogen and oxygen atoms in total. The Bertz CT molecular complexity index is 1050. The standard InChI is InChI=1S/C30H56O7Si3/c1-26(2,3)38(10,11)35-25(31)24-30(33,37-40(14,15)28(7,8)9)29(32,36-39(12,13)27(4,5)6)21-23(34-24)22-19-17-16-18-20-22/h16-21,24-25,31-33H,1-15H3/t24-,25?,29+,30+/m1/s1. The fraction of sp³-hybridized carbons (Fsp3) is 0.733. The molecule has 40 heavy (non-hydrogen) atoms. The van der Waals surface area contributed by atoms with Crippen LogP contribution in [0.5, 0.6) is 0 Å². The minimum Gasteiger partial charge on any atom is -0.479 e. The Morgan fingerprint density at radius 2 is 1.15 bits per heavy atom. The van der Waals surface area contributed by atoms with Gasteiger partial charge in [0.15, 0.2) is 31.2 Å². The molecule has 0 aromatic heterocycles. The lowest BCUT2D eigenvalue weighted by Crippen LogP contribution is -2.74. The van der Waals surface area contributed by atoms with Gasteiger partial charge in [-0.25, -0.2) is 0 Å². The van der Waals surface area contributed by atoms with Gasteiger partial charge >= 0.3 is 0 Å². The molecule has 0 bridgehead atoms. The van der Waals surface area contributed by atoms with Gasteiger partial charge < -0.3 is 33.3 Å². The number of hydrogen-bond acceptors (Lipinski definition) is 7. The minimum absolute atomic E-state index is 0.229. The van der Waals surface area contributed by atoms with Crippen LogP contribution in [0.3, 0.4) is 0 Å². The molecule has 1 heterocycles. The number of hydrogen-bond donors (Lipinski definition) is 3. The highest BCUT2D eigenvalue weighted by Crippen LogP contribution is 2.51. The molecule has 1 aliphatic heterocycles. The number of ether oxygens (including phenoxy) is 1. The minimum atomic E-state index is -2.80. The van der Waals surface area contributed by atoms with E-state index in [4.69, 9.17) is 18.0 Å². The predicted molar refractivity (Wildman–Crippen MR) is 170 cm³/mol. The molecule has 0 radical (unpaired) electrons. The first-order valence-corrected chi connectivity index (χ1v) is 23.0. The summed E-state index contributed by atoms with van der Waals surface area (Å²) in [6, 6.07) is 9.29. The van der Waals surface area contributed by atoms with Crippen LogP contribution in [0, 0.1) is 0 Å². The summed E-state index contributed by atoms with van der Waals surface area (Å²) < 4.78 is 26.1. The van der Waals surface area contributed by atoms with Gasteiger partial charge in [0.25, 0.3) is 5.79 Å². The summed E-state index contributed by atoms with van der Waals surface area (Å²) in [7, 11) is -8.09. The van der Waals surface area contributed by atoms with Crippen molar-refractivity contribution in [1.82, 2.24) is 0 Å². The first-order valence-electron chi connectivity index (χ1n) is 14.3. The van der Waals surface area contributed by atoms with Gasteiger partial charge in [0, 0.05) is 11.6 Å². The molecule has 1 unspecified atom stereocenters. The van der Waals surface area contributed by atoms with Crippen molar-refractivity contribution in [3.8, 4) is 0 Å². The van der Waals surface area contributed by atoms with Crippen molar-refractivity contribution < 1.29 is 33.3 Å². The van der Waals surface area contributed by atoms with Crippen molar-refractivity contribution in [3.63, 3.8) is 0 Å². The van der Waals surface area contributed by atoms with Gasteiger partial charge in [0.2, 0.25) is 11.9 Å². The third kappa shape index (κ3) is 7.03. The fourth-order valence-electron chi connectivity index (χ4n) is 3.60. The molecule has 10 heteroatoms. The van der Waals surface area contributed by atoms with Crippen molar-refractivity contribution in [2.24, 2.45) is 0 Å². The monoisotopic (exact) mass is 612 g/mol. The van der Waals surface area contributed by atoms with Crippen LogP contribution in [0.2, 0.25) is 54.4 Å². The molecule has 2 rings (SSSR count). The van der Waals surface area contributed by atoms with Gasteiger partial charge in [0.05, 0.1) is 0 Å².